The molecule has 5 rings (SSSR count). The molecule has 1 saturated carbocycles. The Morgan fingerprint density at radius 1 is 1.00 bits per heavy atom. The molecule has 0 spiro atoms. The number of benzene rings is 2. The van der Waals surface area contributed by atoms with Crippen LogP contribution in [0.3, 0.4) is 0 Å². The first kappa shape index (κ1) is 20.8. The molecule has 2 heterocycles. The third-order valence-electron chi connectivity index (χ3n) is 5.96. The minimum atomic E-state index is -3.44. The van der Waals surface area contributed by atoms with Crippen LogP contribution in [-0.4, -0.2) is 46.7 Å². The molecule has 1 aliphatic heterocycles. The maximum Gasteiger partial charge on any atom is 0.274 e. The first-order valence-electron chi connectivity index (χ1n) is 10.9. The van der Waals surface area contributed by atoms with Crippen molar-refractivity contribution < 1.29 is 13.2 Å². The van der Waals surface area contributed by atoms with Gasteiger partial charge in [-0.2, -0.15) is 4.31 Å². The minimum absolute atomic E-state index is 0.275. The molecule has 1 saturated heterocycles. The highest BCUT2D eigenvalue weighted by Crippen LogP contribution is 2.41. The highest BCUT2D eigenvalue weighted by Gasteiger charge is 2.34. The topological polar surface area (TPSA) is 97.2 Å². The lowest BCUT2D eigenvalue weighted by Gasteiger charge is -2.15. The molecule has 32 heavy (non-hydrogen) atoms. The molecule has 1 aliphatic carbocycles. The van der Waals surface area contributed by atoms with E-state index >= 15 is 0 Å². The molecule has 8 nitrogen and oxygen atoms in total. The number of nitrogens with zero attached hydrogens (tertiary/aromatic N) is 4. The van der Waals surface area contributed by atoms with Crippen LogP contribution in [0.5, 0.6) is 0 Å². The van der Waals surface area contributed by atoms with Crippen molar-refractivity contribution in [3.05, 3.63) is 71.5 Å². The molecule has 2 aliphatic rings. The van der Waals surface area contributed by atoms with Gasteiger partial charge in [-0.15, -0.1) is 5.10 Å². The minimum Gasteiger partial charge on any atom is -0.347 e. The maximum absolute atomic E-state index is 12.9. The lowest BCUT2D eigenvalue weighted by atomic mass is 10.2. The zero-order chi connectivity index (χ0) is 22.1. The zero-order valence-corrected chi connectivity index (χ0v) is 18.5. The largest absolute Gasteiger partial charge is 0.347 e. The van der Waals surface area contributed by atoms with Crippen LogP contribution < -0.4 is 5.32 Å². The van der Waals surface area contributed by atoms with E-state index in [-0.39, 0.29) is 17.3 Å². The van der Waals surface area contributed by atoms with E-state index in [0.29, 0.717) is 24.7 Å². The normalized spacial score (nSPS) is 16.9. The second kappa shape index (κ2) is 8.48. The fourth-order valence-corrected chi connectivity index (χ4v) is 5.57. The first-order chi connectivity index (χ1) is 15.5. The third-order valence-corrected chi connectivity index (χ3v) is 7.88. The van der Waals surface area contributed by atoms with Crippen molar-refractivity contribution in [3.8, 4) is 5.69 Å². The molecule has 1 aromatic heterocycles. The van der Waals surface area contributed by atoms with Crippen LogP contribution in [0.4, 0.5) is 0 Å². The zero-order valence-electron chi connectivity index (χ0n) is 17.6. The fraction of sp³-hybridized carbons (Fsp3) is 0.348. The van der Waals surface area contributed by atoms with Crippen molar-refractivity contribution in [3.63, 3.8) is 0 Å². The van der Waals surface area contributed by atoms with E-state index in [4.69, 9.17) is 0 Å². The highest BCUT2D eigenvalue weighted by atomic mass is 32.2. The summed E-state index contributed by atoms with van der Waals surface area (Å²) in [6, 6.07) is 16.4. The Kier molecular flexibility index (Phi) is 5.52. The number of sulfonamides is 1. The Labute approximate surface area is 187 Å². The number of hydrogen-bond acceptors (Lipinski definition) is 5. The van der Waals surface area contributed by atoms with Crippen molar-refractivity contribution in [1.82, 2.24) is 24.6 Å². The fourth-order valence-electron chi connectivity index (χ4n) is 4.06. The Morgan fingerprint density at radius 3 is 2.34 bits per heavy atom. The molecule has 3 aromatic rings. The summed E-state index contributed by atoms with van der Waals surface area (Å²) in [5.74, 6) is 0.0175. The van der Waals surface area contributed by atoms with Crippen LogP contribution in [0.15, 0.2) is 59.5 Å². The summed E-state index contributed by atoms with van der Waals surface area (Å²) in [6.07, 6.45) is 3.85. The van der Waals surface area contributed by atoms with Gasteiger partial charge in [0.15, 0.2) is 5.69 Å². The number of carbonyl (C=O) groups excluding carboxylic acids is 1. The predicted molar refractivity (Wildman–Crippen MR) is 119 cm³/mol. The van der Waals surface area contributed by atoms with Crippen molar-refractivity contribution in [2.24, 2.45) is 0 Å². The third kappa shape index (κ3) is 4.05. The lowest BCUT2D eigenvalue weighted by Crippen LogP contribution is -2.28. The average molecular weight is 452 g/mol. The molecule has 2 fully saturated rings. The van der Waals surface area contributed by atoms with Crippen molar-refractivity contribution in [2.75, 3.05) is 13.1 Å². The SMILES string of the molecule is O=C(NCc1ccc(S(=O)(=O)N2CCCC2)cc1)c1nnn(-c2ccccc2)c1C1CC1. The van der Waals surface area contributed by atoms with E-state index < -0.39 is 10.0 Å². The number of nitrogens with one attached hydrogen (secondary N) is 1. The number of carbonyl (C=O) groups is 1. The number of amides is 1. The molecule has 0 radical (unpaired) electrons. The number of hydrogen-bond donors (Lipinski definition) is 1. The Hall–Kier alpha value is -3.04. The summed E-state index contributed by atoms with van der Waals surface area (Å²) < 4.78 is 28.6. The number of aromatic nitrogens is 3. The van der Waals surface area contributed by atoms with Gasteiger partial charge in [0, 0.05) is 25.6 Å². The predicted octanol–water partition coefficient (Wildman–Crippen LogP) is 2.86. The molecule has 9 heteroatoms. The van der Waals surface area contributed by atoms with Crippen LogP contribution in [0.25, 0.3) is 5.69 Å². The molecule has 0 atom stereocenters. The van der Waals surface area contributed by atoms with Gasteiger partial charge in [-0.1, -0.05) is 35.5 Å². The second-order valence-corrected chi connectivity index (χ2v) is 10.2. The van der Waals surface area contributed by atoms with Gasteiger partial charge in [-0.3, -0.25) is 4.79 Å². The molecule has 2 aromatic carbocycles. The van der Waals surface area contributed by atoms with Gasteiger partial charge in [0.2, 0.25) is 10.0 Å². The van der Waals surface area contributed by atoms with Crippen LogP contribution in [-0.2, 0) is 16.6 Å². The Morgan fingerprint density at radius 2 is 1.69 bits per heavy atom. The smallest absolute Gasteiger partial charge is 0.274 e. The summed E-state index contributed by atoms with van der Waals surface area (Å²) >= 11 is 0. The summed E-state index contributed by atoms with van der Waals surface area (Å²) in [5.41, 5.74) is 2.91. The van der Waals surface area contributed by atoms with Gasteiger partial charge >= 0.3 is 0 Å². The van der Waals surface area contributed by atoms with Crippen molar-refractivity contribution >= 4 is 15.9 Å². The van der Waals surface area contributed by atoms with Gasteiger partial charge in [0.05, 0.1) is 16.3 Å². The van der Waals surface area contributed by atoms with Gasteiger partial charge < -0.3 is 5.32 Å². The van der Waals surface area contributed by atoms with Crippen LogP contribution in [0.2, 0.25) is 0 Å². The maximum atomic E-state index is 12.9. The number of rotatable bonds is 7. The summed E-state index contributed by atoms with van der Waals surface area (Å²) in [5, 5.41) is 11.3. The van der Waals surface area contributed by atoms with E-state index in [0.717, 1.165) is 42.6 Å². The summed E-state index contributed by atoms with van der Waals surface area (Å²) in [6.45, 7) is 1.44. The number of para-hydroxylation sites is 1. The summed E-state index contributed by atoms with van der Waals surface area (Å²) in [4.78, 5) is 13.2. The van der Waals surface area contributed by atoms with E-state index in [2.05, 4.69) is 15.6 Å². The van der Waals surface area contributed by atoms with Crippen LogP contribution in [0, 0.1) is 0 Å². The van der Waals surface area contributed by atoms with Crippen LogP contribution in [0.1, 0.15) is 53.3 Å². The quantitative estimate of drug-likeness (QED) is 0.596. The van der Waals surface area contributed by atoms with Gasteiger partial charge in [0.25, 0.3) is 5.91 Å². The molecule has 0 bridgehead atoms. The molecular weight excluding hydrogens is 426 g/mol. The standard InChI is InChI=1S/C23H25N5O3S/c29-23(21-22(18-10-11-18)28(26-25-21)19-6-2-1-3-7-19)24-16-17-8-12-20(13-9-17)32(30,31)27-14-4-5-15-27/h1-3,6-9,12-13,18H,4-5,10-11,14-16H2,(H,24,29). The second-order valence-electron chi connectivity index (χ2n) is 8.28. The monoisotopic (exact) mass is 451 g/mol. The molecule has 1 N–H and O–H groups in total. The molecule has 1 amide bonds. The van der Waals surface area contributed by atoms with Crippen molar-refractivity contribution in [2.45, 2.75) is 43.0 Å². The van der Waals surface area contributed by atoms with E-state index in [1.165, 1.54) is 4.31 Å². The van der Waals surface area contributed by atoms with E-state index in [1.807, 2.05) is 30.3 Å². The van der Waals surface area contributed by atoms with E-state index in [9.17, 15) is 13.2 Å². The highest BCUT2D eigenvalue weighted by molar-refractivity contribution is 7.89. The Balaban J connectivity index is 1.29. The molecule has 166 valence electrons. The van der Waals surface area contributed by atoms with Gasteiger partial charge in [-0.25, -0.2) is 13.1 Å². The lowest BCUT2D eigenvalue weighted by molar-refractivity contribution is 0.0944. The average Bonchev–Trinajstić information content (AvgIpc) is 3.31. The first-order valence-corrected chi connectivity index (χ1v) is 12.4. The van der Waals surface area contributed by atoms with Gasteiger partial charge in [-0.05, 0) is 55.5 Å². The molecule has 0 unspecified atom stereocenters. The Bertz CT molecular complexity index is 1210. The van der Waals surface area contributed by atoms with E-state index in [1.54, 1.807) is 28.9 Å². The van der Waals surface area contributed by atoms with Crippen molar-refractivity contribution in [1.29, 1.82) is 0 Å². The summed E-state index contributed by atoms with van der Waals surface area (Å²) in [7, 11) is -3.44. The van der Waals surface area contributed by atoms with Crippen LogP contribution >= 0.6 is 0 Å². The van der Waals surface area contributed by atoms with Gasteiger partial charge in [0.1, 0.15) is 0 Å². The molecular formula is C23H25N5O3S.